The Hall–Kier alpha value is -6.81. The Balaban J connectivity index is 1.05. The first-order valence-corrected chi connectivity index (χ1v) is 21.9. The average Bonchev–Trinajstić information content (AvgIpc) is 3.89. The van der Waals surface area contributed by atoms with Crippen molar-refractivity contribution < 1.29 is 18.4 Å². The lowest BCUT2D eigenvalue weighted by Gasteiger charge is -2.35. The predicted octanol–water partition coefficient (Wildman–Crippen LogP) is 7.30. The third-order valence-corrected chi connectivity index (χ3v) is 14.1. The van der Waals surface area contributed by atoms with Gasteiger partial charge in [-0.25, -0.2) is 23.2 Å². The summed E-state index contributed by atoms with van der Waals surface area (Å²) in [6, 6.07) is 19.0. The van der Waals surface area contributed by atoms with Crippen molar-refractivity contribution in [1.29, 1.82) is 0 Å². The van der Waals surface area contributed by atoms with Gasteiger partial charge in [0.25, 0.3) is 5.91 Å². The zero-order chi connectivity index (χ0) is 44.6. The summed E-state index contributed by atoms with van der Waals surface area (Å²) in [4.78, 5) is 47.3. The molecule has 0 spiro atoms. The van der Waals surface area contributed by atoms with E-state index in [4.69, 9.17) is 14.4 Å². The Labute approximate surface area is 366 Å². The van der Waals surface area contributed by atoms with Crippen molar-refractivity contribution in [2.45, 2.75) is 90.3 Å². The fraction of sp³-hybridized carbons (Fsp3) is 0.375. The van der Waals surface area contributed by atoms with Crippen molar-refractivity contribution in [2.75, 3.05) is 13.2 Å². The maximum absolute atomic E-state index is 15.5. The number of nitrogens with one attached hydrogen (secondary N) is 1. The number of halogens is 1. The summed E-state index contributed by atoms with van der Waals surface area (Å²) in [5.41, 5.74) is 5.43. The van der Waals surface area contributed by atoms with Crippen LogP contribution in [0.1, 0.15) is 103 Å². The molecule has 2 aliphatic heterocycles. The number of aryl methyl sites for hydroxylation is 3. The van der Waals surface area contributed by atoms with Crippen LogP contribution in [0.4, 0.5) is 4.39 Å². The SMILES string of the molecule is Cc1cc(-n2nc3c(c2-n2cnn(-c4ccc5c(ccn5C)c4)c2=O)[C@H](C)N(C(=O)c2cc4cc([C@H]5CCOC(C)(C)C5)ccc4n2[C@@]2(c4noc(=O)[nH]4)C[C@@H]2C)CC3)cc(C)c1F. The molecule has 0 bridgehead atoms. The van der Waals surface area contributed by atoms with Crippen LogP contribution < -0.4 is 11.4 Å². The number of H-pyrrole nitrogens is 1. The minimum atomic E-state index is -0.829. The second kappa shape index (κ2) is 14.1. The molecule has 1 saturated carbocycles. The molecule has 1 amide bonds. The number of carbonyl (C=O) groups excluding carboxylic acids is 1. The number of ether oxygens (including phenoxy) is 1. The Morgan fingerprint density at radius 3 is 2.41 bits per heavy atom. The van der Waals surface area contributed by atoms with Gasteiger partial charge in [0.05, 0.1) is 28.7 Å². The molecule has 3 aromatic carbocycles. The summed E-state index contributed by atoms with van der Waals surface area (Å²) < 4.78 is 34.8. The lowest BCUT2D eigenvalue weighted by atomic mass is 9.83. The van der Waals surface area contributed by atoms with E-state index in [1.54, 1.807) is 30.7 Å². The molecule has 8 aromatic rings. The van der Waals surface area contributed by atoms with Gasteiger partial charge in [0.1, 0.15) is 23.4 Å². The number of aromatic amines is 1. The highest BCUT2D eigenvalue weighted by molar-refractivity contribution is 6.00. The van der Waals surface area contributed by atoms with Crippen LogP contribution in [0.25, 0.3) is 39.0 Å². The lowest BCUT2D eigenvalue weighted by Crippen LogP contribution is -2.41. The number of hydrogen-bond acceptors (Lipinski definition) is 8. The molecule has 1 N–H and O–H groups in total. The smallest absolute Gasteiger partial charge is 0.376 e. The number of rotatable bonds is 7. The Morgan fingerprint density at radius 1 is 0.922 bits per heavy atom. The summed E-state index contributed by atoms with van der Waals surface area (Å²) in [5.74, 6) is -0.0973. The topological polar surface area (TPSA) is 156 Å². The van der Waals surface area contributed by atoms with Crippen molar-refractivity contribution in [1.82, 2.24) is 48.3 Å². The number of hydrogen-bond donors (Lipinski definition) is 1. The van der Waals surface area contributed by atoms with E-state index in [1.807, 2.05) is 60.0 Å². The molecule has 64 heavy (non-hydrogen) atoms. The monoisotopic (exact) mass is 864 g/mol. The van der Waals surface area contributed by atoms with Crippen LogP contribution in [-0.4, -0.2) is 73.0 Å². The molecule has 3 aliphatic rings. The molecular formula is C48H49FN10O5. The molecule has 7 heterocycles. The van der Waals surface area contributed by atoms with Gasteiger partial charge in [-0.05, 0) is 137 Å². The molecule has 4 atom stereocenters. The number of aromatic nitrogens is 9. The Morgan fingerprint density at radius 2 is 1.69 bits per heavy atom. The summed E-state index contributed by atoms with van der Waals surface area (Å²) in [6.07, 6.45) is 6.23. The second-order valence-corrected chi connectivity index (χ2v) is 18.7. The van der Waals surface area contributed by atoms with Gasteiger partial charge in [-0.15, -0.1) is 0 Å². The highest BCUT2D eigenvalue weighted by atomic mass is 19.1. The van der Waals surface area contributed by atoms with Gasteiger partial charge < -0.3 is 18.8 Å². The first kappa shape index (κ1) is 40.0. The number of nitrogens with zero attached hydrogens (tertiary/aromatic N) is 9. The number of fused-ring (bicyclic) bond motifs is 3. The maximum Gasteiger partial charge on any atom is 0.438 e. The van der Waals surface area contributed by atoms with E-state index in [0.717, 1.165) is 34.6 Å². The van der Waals surface area contributed by atoms with E-state index >= 15 is 9.18 Å². The number of benzene rings is 3. The summed E-state index contributed by atoms with van der Waals surface area (Å²) in [6.45, 7) is 12.7. The first-order valence-electron chi connectivity index (χ1n) is 21.9. The van der Waals surface area contributed by atoms with Gasteiger partial charge in [0.2, 0.25) is 0 Å². The quantitative estimate of drug-likeness (QED) is 0.175. The van der Waals surface area contributed by atoms with Crippen LogP contribution in [0, 0.1) is 25.6 Å². The van der Waals surface area contributed by atoms with Gasteiger partial charge in [-0.1, -0.05) is 18.1 Å². The highest BCUT2D eigenvalue weighted by Crippen LogP contribution is 2.56. The second-order valence-electron chi connectivity index (χ2n) is 18.7. The van der Waals surface area contributed by atoms with Gasteiger partial charge in [0.15, 0.2) is 11.6 Å². The molecule has 15 nitrogen and oxygen atoms in total. The number of amides is 1. The third kappa shape index (κ3) is 6.01. The van der Waals surface area contributed by atoms with E-state index in [9.17, 15) is 9.59 Å². The van der Waals surface area contributed by atoms with E-state index in [2.05, 4.69) is 58.8 Å². The zero-order valence-corrected chi connectivity index (χ0v) is 36.8. The number of carbonyl (C=O) groups is 1. The molecule has 0 unspecified atom stereocenters. The highest BCUT2D eigenvalue weighted by Gasteiger charge is 2.59. The Bertz CT molecular complexity index is 3320. The van der Waals surface area contributed by atoms with E-state index in [0.29, 0.717) is 77.1 Å². The van der Waals surface area contributed by atoms with Crippen LogP contribution in [0.3, 0.4) is 0 Å². The van der Waals surface area contributed by atoms with Crippen molar-refractivity contribution in [3.05, 3.63) is 140 Å². The fourth-order valence-electron chi connectivity index (χ4n) is 10.7. The maximum atomic E-state index is 15.5. The minimum Gasteiger partial charge on any atom is -0.376 e. The van der Waals surface area contributed by atoms with Crippen molar-refractivity contribution in [3.8, 4) is 17.2 Å². The van der Waals surface area contributed by atoms with Gasteiger partial charge in [-0.2, -0.15) is 14.9 Å². The first-order chi connectivity index (χ1) is 30.6. The predicted molar refractivity (Wildman–Crippen MR) is 237 cm³/mol. The van der Waals surface area contributed by atoms with E-state index < -0.39 is 23.0 Å². The molecule has 1 saturated heterocycles. The van der Waals surface area contributed by atoms with Crippen LogP contribution in [0.2, 0.25) is 0 Å². The molecule has 0 radical (unpaired) electrons. The summed E-state index contributed by atoms with van der Waals surface area (Å²) in [5, 5.41) is 15.8. The molecule has 328 valence electrons. The van der Waals surface area contributed by atoms with Gasteiger partial charge in [-0.3, -0.25) is 14.3 Å². The third-order valence-electron chi connectivity index (χ3n) is 14.1. The van der Waals surface area contributed by atoms with Crippen LogP contribution in [-0.2, 0) is 23.7 Å². The fourth-order valence-corrected chi connectivity index (χ4v) is 10.7. The molecule has 16 heteroatoms. The average molecular weight is 865 g/mol. The molecule has 2 fully saturated rings. The van der Waals surface area contributed by atoms with Gasteiger partial charge in [0, 0.05) is 60.2 Å². The largest absolute Gasteiger partial charge is 0.438 e. The van der Waals surface area contributed by atoms with Crippen LogP contribution in [0.15, 0.2) is 87.3 Å². The van der Waals surface area contributed by atoms with Crippen molar-refractivity contribution in [2.24, 2.45) is 13.0 Å². The minimum absolute atomic E-state index is 0.0234. The zero-order valence-electron chi connectivity index (χ0n) is 36.8. The van der Waals surface area contributed by atoms with Crippen LogP contribution in [0.5, 0.6) is 0 Å². The normalized spacial score (nSPS) is 21.8. The van der Waals surface area contributed by atoms with Crippen molar-refractivity contribution >= 4 is 27.7 Å². The molecular weight excluding hydrogens is 816 g/mol. The summed E-state index contributed by atoms with van der Waals surface area (Å²) in [7, 11) is 1.97. The lowest BCUT2D eigenvalue weighted by molar-refractivity contribution is -0.0592. The van der Waals surface area contributed by atoms with E-state index in [1.165, 1.54) is 21.1 Å². The van der Waals surface area contributed by atoms with Gasteiger partial charge >= 0.3 is 11.4 Å². The van der Waals surface area contributed by atoms with E-state index in [-0.39, 0.29) is 29.2 Å². The molecule has 1 aliphatic carbocycles. The standard InChI is InChI=1S/C48H49FN10O5/c1-26-18-35(19-27(2)41(26)49)58-42(56-25-50-59(46(56)62)34-9-11-37-31(21-34)12-15-54(37)7)40-29(4)55(16-13-36(40)52-58)43(60)39-22-33-20-30(32-14-17-63-47(5,6)24-32)8-10-38(33)57(39)48(23-28(48)3)44-51-45(61)64-53-44/h8-12,15,18-22,25,28-29,32H,13-14,16-17,23-24H2,1-7H3,(H,51,53,61)/t28-,29-,32-,48-/m0/s1. The summed E-state index contributed by atoms with van der Waals surface area (Å²) >= 11 is 0. The molecule has 5 aromatic heterocycles. The van der Waals surface area contributed by atoms with Crippen molar-refractivity contribution in [3.63, 3.8) is 0 Å². The molecule has 11 rings (SSSR count). The van der Waals surface area contributed by atoms with Crippen LogP contribution >= 0.6 is 0 Å². The Kier molecular flexibility index (Phi) is 8.81.